The van der Waals surface area contributed by atoms with Crippen LogP contribution in [0.2, 0.25) is 0 Å². The second kappa shape index (κ2) is 9.00. The van der Waals surface area contributed by atoms with Crippen LogP contribution in [0.1, 0.15) is 37.7 Å². The summed E-state index contributed by atoms with van der Waals surface area (Å²) in [7, 11) is -3.99. The van der Waals surface area contributed by atoms with Crippen molar-refractivity contribution in [3.05, 3.63) is 59.7 Å². The summed E-state index contributed by atoms with van der Waals surface area (Å²) in [5.41, 5.74) is 0.975. The SMILES string of the molecule is Cc1ccc(F)cc1NC(=O)CN(C1CCCCC1)S(=O)(=O)c1ccc(F)cc1. The highest BCUT2D eigenvalue weighted by molar-refractivity contribution is 7.89. The number of halogens is 2. The van der Waals surface area contributed by atoms with E-state index < -0.39 is 27.6 Å². The Bertz CT molecular complexity index is 972. The highest BCUT2D eigenvalue weighted by atomic mass is 32.2. The number of amides is 1. The van der Waals surface area contributed by atoms with Crippen molar-refractivity contribution in [2.45, 2.75) is 50.0 Å². The molecular formula is C21H24F2N2O3S. The van der Waals surface area contributed by atoms with E-state index in [0.717, 1.165) is 31.4 Å². The summed E-state index contributed by atoms with van der Waals surface area (Å²) in [6.45, 7) is 1.34. The molecule has 0 radical (unpaired) electrons. The molecule has 0 atom stereocenters. The lowest BCUT2D eigenvalue weighted by Gasteiger charge is -2.33. The van der Waals surface area contributed by atoms with Crippen LogP contribution in [0.3, 0.4) is 0 Å². The monoisotopic (exact) mass is 422 g/mol. The molecule has 0 aromatic heterocycles. The van der Waals surface area contributed by atoms with Crippen molar-refractivity contribution < 1.29 is 22.0 Å². The van der Waals surface area contributed by atoms with Gasteiger partial charge in [-0.05, 0) is 61.7 Å². The molecule has 156 valence electrons. The zero-order valence-electron chi connectivity index (χ0n) is 16.2. The second-order valence-electron chi connectivity index (χ2n) is 7.30. The molecule has 1 fully saturated rings. The van der Waals surface area contributed by atoms with Gasteiger partial charge in [0.25, 0.3) is 0 Å². The number of nitrogens with zero attached hydrogens (tertiary/aromatic N) is 1. The Morgan fingerprint density at radius 1 is 1.03 bits per heavy atom. The van der Waals surface area contributed by atoms with E-state index in [9.17, 15) is 22.0 Å². The predicted molar refractivity (Wildman–Crippen MR) is 107 cm³/mol. The normalized spacial score (nSPS) is 15.4. The van der Waals surface area contributed by atoms with E-state index in [2.05, 4.69) is 5.32 Å². The maximum absolute atomic E-state index is 13.5. The summed E-state index contributed by atoms with van der Waals surface area (Å²) in [6.07, 6.45) is 4.10. The molecule has 29 heavy (non-hydrogen) atoms. The standard InChI is InChI=1S/C21H24F2N2O3S/c1-15-7-8-17(23)13-20(15)24-21(26)14-25(18-5-3-2-4-6-18)29(27,28)19-11-9-16(22)10-12-19/h7-13,18H,2-6,14H2,1H3,(H,24,26). The van der Waals surface area contributed by atoms with Crippen LogP contribution in [0.5, 0.6) is 0 Å². The molecule has 5 nitrogen and oxygen atoms in total. The molecule has 0 bridgehead atoms. The molecule has 0 spiro atoms. The van der Waals surface area contributed by atoms with Crippen molar-refractivity contribution in [2.24, 2.45) is 0 Å². The molecule has 0 heterocycles. The maximum atomic E-state index is 13.5. The Hall–Kier alpha value is -2.32. The first kappa shape index (κ1) is 21.4. The van der Waals surface area contributed by atoms with Crippen LogP contribution >= 0.6 is 0 Å². The first-order valence-corrected chi connectivity index (χ1v) is 11.0. The van der Waals surface area contributed by atoms with Gasteiger partial charge in [-0.2, -0.15) is 4.31 Å². The fraction of sp³-hybridized carbons (Fsp3) is 0.381. The molecule has 0 aliphatic heterocycles. The van der Waals surface area contributed by atoms with E-state index in [0.29, 0.717) is 24.1 Å². The molecule has 1 aliphatic rings. The third-order valence-electron chi connectivity index (χ3n) is 5.18. The third-order valence-corrected chi connectivity index (χ3v) is 7.09. The van der Waals surface area contributed by atoms with Gasteiger partial charge in [-0.15, -0.1) is 0 Å². The molecule has 2 aromatic rings. The molecule has 8 heteroatoms. The van der Waals surface area contributed by atoms with Gasteiger partial charge in [0.15, 0.2) is 0 Å². The second-order valence-corrected chi connectivity index (χ2v) is 9.19. The molecule has 2 aromatic carbocycles. The van der Waals surface area contributed by atoms with Gasteiger partial charge in [-0.25, -0.2) is 17.2 Å². The highest BCUT2D eigenvalue weighted by Crippen LogP contribution is 2.28. The number of hydrogen-bond acceptors (Lipinski definition) is 3. The summed E-state index contributed by atoms with van der Waals surface area (Å²) in [5.74, 6) is -1.57. The van der Waals surface area contributed by atoms with Crippen molar-refractivity contribution in [3.8, 4) is 0 Å². The van der Waals surface area contributed by atoms with Gasteiger partial charge < -0.3 is 5.32 Å². The number of carbonyl (C=O) groups is 1. The Labute approximate surface area is 169 Å². The quantitative estimate of drug-likeness (QED) is 0.757. The van der Waals surface area contributed by atoms with E-state index in [4.69, 9.17) is 0 Å². The minimum atomic E-state index is -3.99. The molecule has 0 unspecified atom stereocenters. The smallest absolute Gasteiger partial charge is 0.243 e. The van der Waals surface area contributed by atoms with Crippen LogP contribution < -0.4 is 5.32 Å². The molecule has 3 rings (SSSR count). The third kappa shape index (κ3) is 5.19. The largest absolute Gasteiger partial charge is 0.325 e. The van der Waals surface area contributed by atoms with Crippen LogP contribution in [0.25, 0.3) is 0 Å². The Morgan fingerprint density at radius 2 is 1.66 bits per heavy atom. The van der Waals surface area contributed by atoms with E-state index >= 15 is 0 Å². The van der Waals surface area contributed by atoms with Crippen molar-refractivity contribution in [2.75, 3.05) is 11.9 Å². The van der Waals surface area contributed by atoms with Gasteiger partial charge in [0.05, 0.1) is 11.4 Å². The van der Waals surface area contributed by atoms with Gasteiger partial charge in [0.1, 0.15) is 11.6 Å². The molecule has 1 amide bonds. The summed E-state index contributed by atoms with van der Waals surface area (Å²) in [5, 5.41) is 2.61. The summed E-state index contributed by atoms with van der Waals surface area (Å²) < 4.78 is 54.4. The van der Waals surface area contributed by atoms with Crippen molar-refractivity contribution in [1.82, 2.24) is 4.31 Å². The molecule has 1 saturated carbocycles. The summed E-state index contributed by atoms with van der Waals surface area (Å²) in [6, 6.07) is 8.30. The number of anilines is 1. The number of sulfonamides is 1. The Balaban J connectivity index is 1.86. The van der Waals surface area contributed by atoms with Gasteiger partial charge in [0.2, 0.25) is 15.9 Å². The lowest BCUT2D eigenvalue weighted by atomic mass is 9.95. The number of carbonyl (C=O) groups excluding carboxylic acids is 1. The topological polar surface area (TPSA) is 66.5 Å². The molecule has 0 saturated heterocycles. The van der Waals surface area contributed by atoms with Crippen LogP contribution in [0, 0.1) is 18.6 Å². The van der Waals surface area contributed by atoms with E-state index in [1.54, 1.807) is 13.0 Å². The summed E-state index contributed by atoms with van der Waals surface area (Å²) in [4.78, 5) is 12.6. The average Bonchev–Trinajstić information content (AvgIpc) is 2.70. The molecule has 1 N–H and O–H groups in total. The lowest BCUT2D eigenvalue weighted by molar-refractivity contribution is -0.116. The fourth-order valence-corrected chi connectivity index (χ4v) is 5.22. The number of benzene rings is 2. The van der Waals surface area contributed by atoms with E-state index in [1.165, 1.54) is 28.6 Å². The van der Waals surface area contributed by atoms with Crippen molar-refractivity contribution in [1.29, 1.82) is 0 Å². The minimum absolute atomic E-state index is 0.0563. The van der Waals surface area contributed by atoms with Gasteiger partial charge in [-0.1, -0.05) is 25.3 Å². The van der Waals surface area contributed by atoms with Crippen LogP contribution in [0.15, 0.2) is 47.4 Å². The maximum Gasteiger partial charge on any atom is 0.243 e. The number of aryl methyl sites for hydroxylation is 1. The Kier molecular flexibility index (Phi) is 6.64. The van der Waals surface area contributed by atoms with E-state index in [-0.39, 0.29) is 17.5 Å². The number of nitrogens with one attached hydrogen (secondary N) is 1. The molecular weight excluding hydrogens is 398 g/mol. The lowest BCUT2D eigenvalue weighted by Crippen LogP contribution is -2.45. The fourth-order valence-electron chi connectivity index (χ4n) is 3.58. The van der Waals surface area contributed by atoms with Gasteiger partial charge in [0, 0.05) is 11.7 Å². The van der Waals surface area contributed by atoms with Gasteiger partial charge >= 0.3 is 0 Å². The van der Waals surface area contributed by atoms with Crippen LogP contribution in [0.4, 0.5) is 14.5 Å². The first-order valence-electron chi connectivity index (χ1n) is 9.61. The van der Waals surface area contributed by atoms with E-state index in [1.807, 2.05) is 0 Å². The van der Waals surface area contributed by atoms with Crippen molar-refractivity contribution >= 4 is 21.6 Å². The zero-order chi connectivity index (χ0) is 21.0. The van der Waals surface area contributed by atoms with Crippen molar-refractivity contribution in [3.63, 3.8) is 0 Å². The minimum Gasteiger partial charge on any atom is -0.325 e. The van der Waals surface area contributed by atoms with Crippen LogP contribution in [-0.4, -0.2) is 31.2 Å². The molecule has 1 aliphatic carbocycles. The zero-order valence-corrected chi connectivity index (χ0v) is 17.0. The predicted octanol–water partition coefficient (Wildman–Crippen LogP) is 4.24. The van der Waals surface area contributed by atoms with Crippen LogP contribution in [-0.2, 0) is 14.8 Å². The number of hydrogen-bond donors (Lipinski definition) is 1. The Morgan fingerprint density at radius 3 is 2.31 bits per heavy atom. The average molecular weight is 422 g/mol. The summed E-state index contributed by atoms with van der Waals surface area (Å²) >= 11 is 0. The highest BCUT2D eigenvalue weighted by Gasteiger charge is 2.34. The number of rotatable bonds is 6. The van der Waals surface area contributed by atoms with Gasteiger partial charge in [-0.3, -0.25) is 4.79 Å². The first-order chi connectivity index (χ1) is 13.8.